The summed E-state index contributed by atoms with van der Waals surface area (Å²) in [6, 6.07) is 37.0. The lowest BCUT2D eigenvalue weighted by Gasteiger charge is -2.35. The highest BCUT2D eigenvalue weighted by Crippen LogP contribution is 2.57. The standard InChI is InChI=1S/C50H49N3OS/c1-48(2,3)33-22-24-36-37-25-23-34(49(4,5)6)28-41(37)50(40(36)27-33,44-21-13-19-42(53-44)38-18-10-11-20-43(38)54)35-17-12-16-32(26-35)45-47-46(52-30-51-45)39(29-55-47)31-14-8-7-9-15-31/h10-13,16-31,54H,7-9,14-15H2,1-6H3. The van der Waals surface area contributed by atoms with Gasteiger partial charge in [-0.3, -0.25) is 4.98 Å². The van der Waals surface area contributed by atoms with Gasteiger partial charge in [0, 0.05) is 11.1 Å². The second kappa shape index (κ2) is 13.3. The van der Waals surface area contributed by atoms with Crippen molar-refractivity contribution in [2.75, 3.05) is 0 Å². The Balaban J connectivity index is 1.35. The first-order valence-electron chi connectivity index (χ1n) is 19.8. The molecule has 0 radical (unpaired) electrons. The van der Waals surface area contributed by atoms with Crippen LogP contribution in [0.4, 0.5) is 0 Å². The molecule has 9 rings (SSSR count). The van der Waals surface area contributed by atoms with Crippen molar-refractivity contribution in [3.8, 4) is 39.4 Å². The first-order valence-corrected chi connectivity index (χ1v) is 20.7. The topological polar surface area (TPSA) is 58.9 Å². The zero-order valence-corrected chi connectivity index (χ0v) is 33.6. The van der Waals surface area contributed by atoms with Gasteiger partial charge >= 0.3 is 0 Å². The molecule has 276 valence electrons. The van der Waals surface area contributed by atoms with Crippen molar-refractivity contribution in [1.82, 2.24) is 15.0 Å². The van der Waals surface area contributed by atoms with Gasteiger partial charge in [0.1, 0.15) is 12.1 Å². The summed E-state index contributed by atoms with van der Waals surface area (Å²) in [5.41, 5.74) is 14.6. The molecule has 0 aliphatic heterocycles. The number of pyridine rings is 1. The van der Waals surface area contributed by atoms with E-state index < -0.39 is 5.41 Å². The number of para-hydroxylation sites is 1. The Bertz CT molecular complexity index is 2520. The molecule has 1 N–H and O–H groups in total. The number of phenolic OH excluding ortho intramolecular Hbond substituents is 1. The van der Waals surface area contributed by atoms with Gasteiger partial charge in [-0.2, -0.15) is 0 Å². The monoisotopic (exact) mass is 739 g/mol. The van der Waals surface area contributed by atoms with Gasteiger partial charge in [-0.1, -0.05) is 134 Å². The summed E-state index contributed by atoms with van der Waals surface area (Å²) in [6.07, 6.45) is 8.16. The number of rotatable bonds is 5. The first kappa shape index (κ1) is 35.6. The van der Waals surface area contributed by atoms with E-state index in [4.69, 9.17) is 15.0 Å². The molecule has 7 aromatic rings. The lowest BCUT2D eigenvalue weighted by molar-refractivity contribution is 0.446. The summed E-state index contributed by atoms with van der Waals surface area (Å²) >= 11 is 1.79. The number of hydrogen-bond acceptors (Lipinski definition) is 5. The third-order valence-electron chi connectivity index (χ3n) is 12.2. The summed E-state index contributed by atoms with van der Waals surface area (Å²) < 4.78 is 1.16. The molecule has 3 aromatic heterocycles. The highest BCUT2D eigenvalue weighted by molar-refractivity contribution is 7.17. The Kier molecular flexibility index (Phi) is 8.58. The van der Waals surface area contributed by atoms with E-state index >= 15 is 0 Å². The molecule has 2 aliphatic rings. The van der Waals surface area contributed by atoms with Crippen LogP contribution in [0.2, 0.25) is 0 Å². The molecule has 3 heterocycles. The Morgan fingerprint density at radius 3 is 2.02 bits per heavy atom. The number of thiophene rings is 1. The molecule has 0 bridgehead atoms. The van der Waals surface area contributed by atoms with Crippen molar-refractivity contribution < 1.29 is 5.11 Å². The normalized spacial score (nSPS) is 15.6. The smallest absolute Gasteiger partial charge is 0.124 e. The lowest BCUT2D eigenvalue weighted by Crippen LogP contribution is -2.31. The molecule has 1 saturated carbocycles. The van der Waals surface area contributed by atoms with Crippen LogP contribution in [0.5, 0.6) is 5.75 Å². The van der Waals surface area contributed by atoms with Crippen molar-refractivity contribution in [3.05, 3.63) is 154 Å². The molecule has 2 aliphatic carbocycles. The minimum atomic E-state index is -0.765. The molecule has 4 nitrogen and oxygen atoms in total. The highest BCUT2D eigenvalue weighted by Gasteiger charge is 2.48. The summed E-state index contributed by atoms with van der Waals surface area (Å²) in [4.78, 5) is 15.4. The number of nitrogens with zero attached hydrogens (tertiary/aromatic N) is 3. The molecule has 0 amide bonds. The van der Waals surface area contributed by atoms with Crippen molar-refractivity contribution in [2.24, 2.45) is 0 Å². The molecule has 0 spiro atoms. The predicted octanol–water partition coefficient (Wildman–Crippen LogP) is 13.1. The Labute approximate surface area is 329 Å². The number of benzene rings is 4. The molecule has 0 saturated heterocycles. The maximum absolute atomic E-state index is 11.1. The van der Waals surface area contributed by atoms with E-state index in [1.54, 1.807) is 23.7 Å². The van der Waals surface area contributed by atoms with Gasteiger partial charge in [0.15, 0.2) is 0 Å². The minimum Gasteiger partial charge on any atom is -0.507 e. The van der Waals surface area contributed by atoms with Crippen molar-refractivity contribution in [2.45, 2.75) is 95.8 Å². The van der Waals surface area contributed by atoms with Crippen molar-refractivity contribution in [1.29, 1.82) is 0 Å². The van der Waals surface area contributed by atoms with Crippen molar-refractivity contribution in [3.63, 3.8) is 0 Å². The van der Waals surface area contributed by atoms with E-state index in [2.05, 4.69) is 120 Å². The van der Waals surface area contributed by atoms with Crippen LogP contribution < -0.4 is 0 Å². The van der Waals surface area contributed by atoms with Gasteiger partial charge < -0.3 is 5.11 Å². The van der Waals surface area contributed by atoms with Crippen LogP contribution >= 0.6 is 11.3 Å². The molecular formula is C50H49N3OS. The number of aromatic nitrogens is 3. The number of fused-ring (bicyclic) bond motifs is 4. The van der Waals surface area contributed by atoms with E-state index in [1.807, 2.05) is 24.3 Å². The molecule has 5 heteroatoms. The van der Waals surface area contributed by atoms with E-state index in [0.717, 1.165) is 38.4 Å². The molecule has 0 atom stereocenters. The van der Waals surface area contributed by atoms with Gasteiger partial charge in [0.2, 0.25) is 0 Å². The Hall–Kier alpha value is -5.13. The zero-order chi connectivity index (χ0) is 38.1. The van der Waals surface area contributed by atoms with Crippen LogP contribution in [-0.4, -0.2) is 20.1 Å². The SMILES string of the molecule is CC(C)(C)c1ccc2c(c1)C(c1cccc(-c3ncnc4c(C5CCCCC5)csc34)c1)(c1cccc(-c3ccccc3O)n1)c1cc(C(C)(C)C)ccc1-2. The number of phenols is 1. The predicted molar refractivity (Wildman–Crippen MR) is 228 cm³/mol. The van der Waals surface area contributed by atoms with Crippen molar-refractivity contribution >= 4 is 21.6 Å². The molecule has 55 heavy (non-hydrogen) atoms. The summed E-state index contributed by atoms with van der Waals surface area (Å²) in [7, 11) is 0. The highest BCUT2D eigenvalue weighted by atomic mass is 32.1. The average Bonchev–Trinajstić information content (AvgIpc) is 3.75. The van der Waals surface area contributed by atoms with E-state index in [0.29, 0.717) is 11.5 Å². The molecule has 0 unspecified atom stereocenters. The third-order valence-corrected chi connectivity index (χ3v) is 13.2. The van der Waals surface area contributed by atoms with Gasteiger partial charge in [0.05, 0.1) is 32.7 Å². The first-order chi connectivity index (χ1) is 26.4. The van der Waals surface area contributed by atoms with Gasteiger partial charge in [0.25, 0.3) is 0 Å². The third kappa shape index (κ3) is 5.90. The van der Waals surface area contributed by atoms with E-state index in [-0.39, 0.29) is 16.6 Å². The van der Waals surface area contributed by atoms with E-state index in [1.165, 1.54) is 71.0 Å². The van der Waals surface area contributed by atoms with Gasteiger partial charge in [-0.15, -0.1) is 11.3 Å². The lowest BCUT2D eigenvalue weighted by atomic mass is 9.67. The van der Waals surface area contributed by atoms with Gasteiger partial charge in [-0.25, -0.2) is 9.97 Å². The summed E-state index contributed by atoms with van der Waals surface area (Å²) in [5, 5.41) is 13.4. The quantitative estimate of drug-likeness (QED) is 0.191. The fraction of sp³-hybridized carbons (Fsp3) is 0.300. The van der Waals surface area contributed by atoms with Crippen LogP contribution in [0, 0.1) is 0 Å². The Morgan fingerprint density at radius 1 is 0.673 bits per heavy atom. The average molecular weight is 740 g/mol. The van der Waals surface area contributed by atoms with E-state index in [9.17, 15) is 5.11 Å². The van der Waals surface area contributed by atoms with Crippen LogP contribution in [0.3, 0.4) is 0 Å². The summed E-state index contributed by atoms with van der Waals surface area (Å²) in [6.45, 7) is 13.7. The van der Waals surface area contributed by atoms with Crippen LogP contribution in [0.15, 0.2) is 115 Å². The second-order valence-electron chi connectivity index (χ2n) is 17.7. The number of aromatic hydroxyl groups is 1. The largest absolute Gasteiger partial charge is 0.507 e. The minimum absolute atomic E-state index is 0.0686. The Morgan fingerprint density at radius 2 is 1.35 bits per heavy atom. The van der Waals surface area contributed by atoms with Crippen LogP contribution in [0.1, 0.15) is 119 Å². The number of hydrogen-bond donors (Lipinski definition) is 1. The molecule has 1 fully saturated rings. The maximum Gasteiger partial charge on any atom is 0.124 e. The molecular weight excluding hydrogens is 691 g/mol. The second-order valence-corrected chi connectivity index (χ2v) is 18.6. The van der Waals surface area contributed by atoms with Crippen LogP contribution in [-0.2, 0) is 16.2 Å². The summed E-state index contributed by atoms with van der Waals surface area (Å²) in [5.74, 6) is 0.791. The zero-order valence-electron chi connectivity index (χ0n) is 32.8. The van der Waals surface area contributed by atoms with Crippen LogP contribution in [0.25, 0.3) is 43.9 Å². The van der Waals surface area contributed by atoms with Gasteiger partial charge in [-0.05, 0) is 110 Å². The molecule has 4 aromatic carbocycles. The maximum atomic E-state index is 11.1. The fourth-order valence-corrected chi connectivity index (χ4v) is 10.3. The fourth-order valence-electron chi connectivity index (χ4n) is 9.15.